The maximum atomic E-state index is 12.2. The number of amides is 2. The minimum absolute atomic E-state index is 0.296. The van der Waals surface area contributed by atoms with Crippen LogP contribution in [0.1, 0.15) is 50.4 Å². The molecule has 0 radical (unpaired) electrons. The number of ether oxygens (including phenoxy) is 1. The van der Waals surface area contributed by atoms with Crippen LogP contribution in [0.25, 0.3) is 0 Å². The summed E-state index contributed by atoms with van der Waals surface area (Å²) < 4.78 is 4.80. The normalized spacial score (nSPS) is 21.7. The van der Waals surface area contributed by atoms with Crippen LogP contribution in [0.15, 0.2) is 24.3 Å². The van der Waals surface area contributed by atoms with Gasteiger partial charge in [-0.2, -0.15) is 0 Å². The number of hydrogen-bond acceptors (Lipinski definition) is 4. The molecule has 0 heterocycles. The molecular weight excluding hydrogens is 364 g/mol. The van der Waals surface area contributed by atoms with E-state index in [0.717, 1.165) is 6.42 Å². The predicted octanol–water partition coefficient (Wildman–Crippen LogP) is 3.19. The molecule has 1 aromatic rings. The van der Waals surface area contributed by atoms with Crippen LogP contribution in [0, 0.1) is 11.8 Å². The predicted molar refractivity (Wildman–Crippen MR) is 109 cm³/mol. The van der Waals surface area contributed by atoms with Crippen molar-refractivity contribution < 1.29 is 14.3 Å². The Kier molecular flexibility index (Phi) is 7.84. The van der Waals surface area contributed by atoms with Crippen molar-refractivity contribution in [3.05, 3.63) is 29.8 Å². The van der Waals surface area contributed by atoms with Gasteiger partial charge in [-0.3, -0.25) is 21.0 Å². The van der Waals surface area contributed by atoms with Gasteiger partial charge in [-0.15, -0.1) is 0 Å². The highest BCUT2D eigenvalue weighted by atomic mass is 32.1. The zero-order valence-corrected chi connectivity index (χ0v) is 16.8. The van der Waals surface area contributed by atoms with E-state index < -0.39 is 6.09 Å². The van der Waals surface area contributed by atoms with Gasteiger partial charge in [0.2, 0.25) is 0 Å². The van der Waals surface area contributed by atoms with E-state index in [-0.39, 0.29) is 5.91 Å². The van der Waals surface area contributed by atoms with Crippen molar-refractivity contribution in [2.45, 2.75) is 46.1 Å². The summed E-state index contributed by atoms with van der Waals surface area (Å²) in [5, 5.41) is 6.28. The lowest BCUT2D eigenvalue weighted by Crippen LogP contribution is -2.52. The molecule has 0 bridgehead atoms. The third-order valence-electron chi connectivity index (χ3n) is 4.98. The number of hydrazine groups is 1. The molecule has 7 nitrogen and oxygen atoms in total. The molecule has 8 heteroatoms. The molecule has 0 spiro atoms. The van der Waals surface area contributed by atoms with Gasteiger partial charge < -0.3 is 10.1 Å². The topological polar surface area (TPSA) is 91.5 Å². The average Bonchev–Trinajstić information content (AvgIpc) is 2.64. The maximum Gasteiger partial charge on any atom is 0.411 e. The number of hydrogen-bond donors (Lipinski definition) is 4. The third kappa shape index (κ3) is 6.39. The van der Waals surface area contributed by atoms with E-state index in [2.05, 4.69) is 35.3 Å². The van der Waals surface area contributed by atoms with Crippen LogP contribution in [0.2, 0.25) is 0 Å². The number of benzene rings is 1. The van der Waals surface area contributed by atoms with Crippen molar-refractivity contribution in [3.8, 4) is 0 Å². The van der Waals surface area contributed by atoms with Crippen molar-refractivity contribution in [3.63, 3.8) is 0 Å². The molecule has 0 unspecified atom stereocenters. The lowest BCUT2D eigenvalue weighted by atomic mass is 9.78. The first-order valence-corrected chi connectivity index (χ1v) is 9.72. The fourth-order valence-corrected chi connectivity index (χ4v) is 3.37. The van der Waals surface area contributed by atoms with Gasteiger partial charge in [0.25, 0.3) is 5.91 Å². The Balaban J connectivity index is 1.79. The van der Waals surface area contributed by atoms with Crippen LogP contribution >= 0.6 is 12.2 Å². The van der Waals surface area contributed by atoms with Crippen molar-refractivity contribution >= 4 is 35.0 Å². The van der Waals surface area contributed by atoms with E-state index in [1.54, 1.807) is 31.2 Å². The fraction of sp³-hybridized carbons (Fsp3) is 0.526. The summed E-state index contributed by atoms with van der Waals surface area (Å²) in [6, 6.07) is 6.81. The number of anilines is 1. The van der Waals surface area contributed by atoms with Gasteiger partial charge in [-0.1, -0.05) is 26.7 Å². The number of carbonyl (C=O) groups is 2. The largest absolute Gasteiger partial charge is 0.450 e. The van der Waals surface area contributed by atoms with Gasteiger partial charge in [0.15, 0.2) is 5.11 Å². The minimum atomic E-state index is -0.529. The summed E-state index contributed by atoms with van der Waals surface area (Å²) in [5.74, 6) is 0.885. The number of rotatable bonds is 4. The molecule has 1 aromatic carbocycles. The number of carbonyl (C=O) groups excluding carboxylic acids is 2. The number of nitrogens with one attached hydrogen (secondary N) is 4. The summed E-state index contributed by atoms with van der Waals surface area (Å²) in [4.78, 5) is 23.6. The average molecular weight is 393 g/mol. The molecule has 2 rings (SSSR count). The smallest absolute Gasteiger partial charge is 0.411 e. The molecule has 1 fully saturated rings. The van der Waals surface area contributed by atoms with Crippen molar-refractivity contribution in [2.75, 3.05) is 11.9 Å². The molecule has 1 saturated carbocycles. The van der Waals surface area contributed by atoms with E-state index in [0.29, 0.717) is 40.8 Å². The molecule has 0 aliphatic heterocycles. The fourth-order valence-electron chi connectivity index (χ4n) is 3.17. The first kappa shape index (κ1) is 21.0. The van der Waals surface area contributed by atoms with Gasteiger partial charge in [-0.25, -0.2) is 4.79 Å². The highest BCUT2D eigenvalue weighted by molar-refractivity contribution is 7.80. The van der Waals surface area contributed by atoms with E-state index in [1.807, 2.05) is 0 Å². The molecule has 1 aliphatic carbocycles. The van der Waals surface area contributed by atoms with Gasteiger partial charge >= 0.3 is 6.09 Å². The first-order valence-electron chi connectivity index (χ1n) is 9.31. The summed E-state index contributed by atoms with van der Waals surface area (Å²) in [5.41, 5.74) is 6.34. The molecule has 4 N–H and O–H groups in total. The van der Waals surface area contributed by atoms with E-state index >= 15 is 0 Å². The second kappa shape index (κ2) is 10.1. The summed E-state index contributed by atoms with van der Waals surface area (Å²) >= 11 is 5.29. The second-order valence-electron chi connectivity index (χ2n) is 6.85. The minimum Gasteiger partial charge on any atom is -0.450 e. The molecule has 0 saturated heterocycles. The molecule has 148 valence electrons. The Labute approximate surface area is 165 Å². The van der Waals surface area contributed by atoms with Crippen molar-refractivity contribution in [2.24, 2.45) is 11.8 Å². The van der Waals surface area contributed by atoms with E-state index in [9.17, 15) is 9.59 Å². The Morgan fingerprint density at radius 2 is 1.85 bits per heavy atom. The lowest BCUT2D eigenvalue weighted by molar-refractivity contribution is 0.0943. The summed E-state index contributed by atoms with van der Waals surface area (Å²) in [6.45, 7) is 6.52. The monoisotopic (exact) mass is 392 g/mol. The van der Waals surface area contributed by atoms with Crippen LogP contribution in [-0.2, 0) is 4.74 Å². The third-order valence-corrected chi connectivity index (χ3v) is 5.20. The number of thiocarbonyl (C=S) groups is 1. The van der Waals surface area contributed by atoms with Crippen LogP contribution in [0.4, 0.5) is 10.5 Å². The summed E-state index contributed by atoms with van der Waals surface area (Å²) in [7, 11) is 0. The first-order chi connectivity index (χ1) is 12.9. The van der Waals surface area contributed by atoms with E-state index in [4.69, 9.17) is 17.0 Å². The van der Waals surface area contributed by atoms with Crippen molar-refractivity contribution in [1.29, 1.82) is 0 Å². The van der Waals surface area contributed by atoms with Gasteiger partial charge in [0.1, 0.15) is 0 Å². The van der Waals surface area contributed by atoms with Crippen LogP contribution in [0.5, 0.6) is 0 Å². The second-order valence-corrected chi connectivity index (χ2v) is 7.26. The molecule has 3 atom stereocenters. The standard InChI is InChI=1S/C19H28N4O3S/c1-4-26-19(25)20-15-10-8-14(9-11-15)17(24)22-23-18(27)21-16-7-5-6-12(2)13(16)3/h8-13,16H,4-7H2,1-3H3,(H,20,25)(H,22,24)(H2,21,23,27)/t12-,13+,16+/m1/s1. The van der Waals surface area contributed by atoms with Crippen LogP contribution in [0.3, 0.4) is 0 Å². The van der Waals surface area contributed by atoms with Crippen molar-refractivity contribution in [1.82, 2.24) is 16.2 Å². The SMILES string of the molecule is CCOC(=O)Nc1ccc(C(=O)NNC(=S)N[C@H]2CCC[C@@H](C)[C@@H]2C)cc1. The lowest BCUT2D eigenvalue weighted by Gasteiger charge is -2.35. The van der Waals surface area contributed by atoms with Gasteiger partial charge in [0.05, 0.1) is 6.61 Å². The molecule has 27 heavy (non-hydrogen) atoms. The van der Waals surface area contributed by atoms with Crippen LogP contribution in [-0.4, -0.2) is 29.8 Å². The van der Waals surface area contributed by atoms with E-state index in [1.165, 1.54) is 12.8 Å². The Morgan fingerprint density at radius 3 is 2.52 bits per heavy atom. The zero-order chi connectivity index (χ0) is 19.8. The molecule has 1 aliphatic rings. The quantitative estimate of drug-likeness (QED) is 0.465. The van der Waals surface area contributed by atoms with Crippen LogP contribution < -0.4 is 21.5 Å². The van der Waals surface area contributed by atoms with Gasteiger partial charge in [0, 0.05) is 17.3 Å². The molecular formula is C19H28N4O3S. The maximum absolute atomic E-state index is 12.2. The molecule has 0 aromatic heterocycles. The molecule has 2 amide bonds. The Morgan fingerprint density at radius 1 is 1.15 bits per heavy atom. The highest BCUT2D eigenvalue weighted by Crippen LogP contribution is 2.29. The Bertz CT molecular complexity index is 665. The Hall–Kier alpha value is -2.35. The zero-order valence-electron chi connectivity index (χ0n) is 16.0. The summed E-state index contributed by atoms with van der Waals surface area (Å²) in [6.07, 6.45) is 2.98. The highest BCUT2D eigenvalue weighted by Gasteiger charge is 2.27. The van der Waals surface area contributed by atoms with Gasteiger partial charge in [-0.05, 0) is 61.7 Å².